The van der Waals surface area contributed by atoms with Gasteiger partial charge in [-0.15, -0.1) is 17.5 Å². The van der Waals surface area contributed by atoms with E-state index in [2.05, 4.69) is 20.8 Å². The first kappa shape index (κ1) is 18.4. The van der Waals surface area contributed by atoms with E-state index < -0.39 is 6.04 Å². The normalized spacial score (nSPS) is 15.5. The van der Waals surface area contributed by atoms with Gasteiger partial charge in [0.25, 0.3) is 0 Å². The van der Waals surface area contributed by atoms with Gasteiger partial charge >= 0.3 is 0 Å². The summed E-state index contributed by atoms with van der Waals surface area (Å²) in [5.74, 6) is 0.528. The number of hydrogen-bond acceptors (Lipinski definition) is 5. The van der Waals surface area contributed by atoms with Crippen molar-refractivity contribution in [2.75, 3.05) is 5.32 Å². The first-order valence-electron chi connectivity index (χ1n) is 7.81. The van der Waals surface area contributed by atoms with Crippen LogP contribution in [0.4, 0.5) is 5.69 Å². The van der Waals surface area contributed by atoms with Crippen LogP contribution in [0.2, 0.25) is 0 Å². The number of aromatic nitrogens is 4. The summed E-state index contributed by atoms with van der Waals surface area (Å²) in [7, 11) is 0. The molecule has 1 aliphatic rings. The number of benzene rings is 1. The second kappa shape index (κ2) is 6.86. The van der Waals surface area contributed by atoms with Crippen LogP contribution in [-0.2, 0) is 4.79 Å². The molecule has 7 nitrogen and oxygen atoms in total. The van der Waals surface area contributed by atoms with E-state index in [-0.39, 0.29) is 23.7 Å². The van der Waals surface area contributed by atoms with Gasteiger partial charge < -0.3 is 11.1 Å². The lowest BCUT2D eigenvalue weighted by Crippen LogP contribution is -2.45. The molecule has 0 spiro atoms. The lowest BCUT2D eigenvalue weighted by atomic mass is 9.87. The number of nitrogens with two attached hydrogens (primary N) is 1. The highest BCUT2D eigenvalue weighted by Gasteiger charge is 2.29. The maximum Gasteiger partial charge on any atom is 0.241 e. The number of nitrogens with one attached hydrogen (secondary N) is 1. The third-order valence-corrected chi connectivity index (χ3v) is 3.99. The summed E-state index contributed by atoms with van der Waals surface area (Å²) in [4.78, 5) is 12.3. The SMILES string of the molecule is CC(C)(C)[C@H](N)C(=O)Nc1cccc(-c2nnnn2C2CC2)c1.Cl. The molecule has 2 aromatic rings. The van der Waals surface area contributed by atoms with Gasteiger partial charge in [0.1, 0.15) is 0 Å². The van der Waals surface area contributed by atoms with Gasteiger partial charge in [-0.2, -0.15) is 0 Å². The summed E-state index contributed by atoms with van der Waals surface area (Å²) >= 11 is 0. The first-order chi connectivity index (χ1) is 10.9. The quantitative estimate of drug-likeness (QED) is 0.882. The van der Waals surface area contributed by atoms with Crippen molar-refractivity contribution in [3.8, 4) is 11.4 Å². The minimum absolute atomic E-state index is 0. The number of anilines is 1. The summed E-state index contributed by atoms with van der Waals surface area (Å²) in [6.07, 6.45) is 2.21. The van der Waals surface area contributed by atoms with Gasteiger partial charge in [-0.1, -0.05) is 32.9 Å². The van der Waals surface area contributed by atoms with Crippen LogP contribution in [-0.4, -0.2) is 32.2 Å². The first-order valence-corrected chi connectivity index (χ1v) is 7.81. The van der Waals surface area contributed by atoms with E-state index in [4.69, 9.17) is 5.73 Å². The Kier molecular flexibility index (Phi) is 5.25. The van der Waals surface area contributed by atoms with Crippen molar-refractivity contribution in [1.82, 2.24) is 20.2 Å². The van der Waals surface area contributed by atoms with Crippen LogP contribution in [0.5, 0.6) is 0 Å². The number of halogens is 1. The van der Waals surface area contributed by atoms with Gasteiger partial charge in [0.2, 0.25) is 5.91 Å². The fraction of sp³-hybridized carbons (Fsp3) is 0.500. The van der Waals surface area contributed by atoms with Crippen LogP contribution in [0.1, 0.15) is 39.7 Å². The van der Waals surface area contributed by atoms with Crippen LogP contribution in [0.3, 0.4) is 0 Å². The minimum Gasteiger partial charge on any atom is -0.325 e. The average molecular weight is 351 g/mol. The zero-order valence-corrected chi connectivity index (χ0v) is 14.9. The highest BCUT2D eigenvalue weighted by molar-refractivity contribution is 5.95. The third kappa shape index (κ3) is 3.91. The number of amides is 1. The topological polar surface area (TPSA) is 98.7 Å². The smallest absolute Gasteiger partial charge is 0.241 e. The van der Waals surface area contributed by atoms with Crippen molar-refractivity contribution in [2.45, 2.75) is 45.7 Å². The zero-order valence-electron chi connectivity index (χ0n) is 14.1. The van der Waals surface area contributed by atoms with E-state index >= 15 is 0 Å². The standard InChI is InChI=1S/C16H22N6O.ClH/c1-16(2,3)13(17)15(23)18-11-6-4-5-10(9-11)14-19-20-21-22(14)12-7-8-12;/h4-6,9,12-13H,7-8,17H2,1-3H3,(H,18,23);1H/t13-;/m1./s1. The molecule has 1 amide bonds. The minimum atomic E-state index is -0.581. The van der Waals surface area contributed by atoms with Crippen LogP contribution in [0.15, 0.2) is 24.3 Å². The molecule has 1 aliphatic carbocycles. The Morgan fingerprint density at radius 3 is 2.71 bits per heavy atom. The maximum atomic E-state index is 12.3. The van der Waals surface area contributed by atoms with Gasteiger partial charge in [-0.3, -0.25) is 4.79 Å². The molecule has 8 heteroatoms. The molecular formula is C16H23ClN6O. The Hall–Kier alpha value is -1.99. The highest BCUT2D eigenvalue weighted by Crippen LogP contribution is 2.36. The lowest BCUT2D eigenvalue weighted by molar-refractivity contribution is -0.119. The Labute approximate surface area is 147 Å². The Balaban J connectivity index is 0.00000208. The van der Waals surface area contributed by atoms with Crippen molar-refractivity contribution >= 4 is 24.0 Å². The summed E-state index contributed by atoms with van der Waals surface area (Å²) in [6.45, 7) is 5.83. The number of hydrogen-bond donors (Lipinski definition) is 2. The summed E-state index contributed by atoms with van der Waals surface area (Å²) in [6, 6.07) is 7.33. The van der Waals surface area contributed by atoms with E-state index in [1.54, 1.807) is 0 Å². The maximum absolute atomic E-state index is 12.3. The molecule has 130 valence electrons. The highest BCUT2D eigenvalue weighted by atomic mass is 35.5. The number of carbonyl (C=O) groups is 1. The predicted molar refractivity (Wildman–Crippen MR) is 94.8 cm³/mol. The van der Waals surface area contributed by atoms with Crippen LogP contribution in [0.25, 0.3) is 11.4 Å². The summed E-state index contributed by atoms with van der Waals surface area (Å²) in [5.41, 5.74) is 7.28. The summed E-state index contributed by atoms with van der Waals surface area (Å²) < 4.78 is 1.85. The molecule has 1 fully saturated rings. The van der Waals surface area contributed by atoms with Crippen molar-refractivity contribution in [2.24, 2.45) is 11.1 Å². The fourth-order valence-electron chi connectivity index (χ4n) is 2.30. The van der Waals surface area contributed by atoms with Crippen molar-refractivity contribution in [1.29, 1.82) is 0 Å². The fourth-order valence-corrected chi connectivity index (χ4v) is 2.30. The predicted octanol–water partition coefficient (Wildman–Crippen LogP) is 2.41. The van der Waals surface area contributed by atoms with Gasteiger partial charge in [0.05, 0.1) is 12.1 Å². The molecule has 0 aliphatic heterocycles. The molecule has 1 atom stereocenters. The monoisotopic (exact) mass is 350 g/mol. The number of nitrogens with zero attached hydrogens (tertiary/aromatic N) is 4. The lowest BCUT2D eigenvalue weighted by Gasteiger charge is -2.25. The zero-order chi connectivity index (χ0) is 16.6. The van der Waals surface area contributed by atoms with Crippen LogP contribution in [0, 0.1) is 5.41 Å². The van der Waals surface area contributed by atoms with E-state index in [1.165, 1.54) is 0 Å². The number of rotatable bonds is 4. The molecule has 1 saturated carbocycles. The largest absolute Gasteiger partial charge is 0.325 e. The molecule has 3 rings (SSSR count). The number of carbonyl (C=O) groups excluding carboxylic acids is 1. The molecule has 0 unspecified atom stereocenters. The van der Waals surface area contributed by atoms with E-state index in [1.807, 2.05) is 49.7 Å². The molecule has 0 radical (unpaired) electrons. The molecule has 0 saturated heterocycles. The van der Waals surface area contributed by atoms with Crippen molar-refractivity contribution in [3.63, 3.8) is 0 Å². The molecule has 1 aromatic carbocycles. The molecule has 1 heterocycles. The van der Waals surface area contributed by atoms with Crippen LogP contribution >= 0.6 is 12.4 Å². The van der Waals surface area contributed by atoms with Gasteiger partial charge in [0, 0.05) is 11.3 Å². The van der Waals surface area contributed by atoms with E-state index in [9.17, 15) is 4.79 Å². The van der Waals surface area contributed by atoms with Gasteiger partial charge in [-0.25, -0.2) is 4.68 Å². The Bertz CT molecular complexity index is 719. The molecule has 24 heavy (non-hydrogen) atoms. The third-order valence-electron chi connectivity index (χ3n) is 3.99. The molecule has 1 aromatic heterocycles. The Morgan fingerprint density at radius 1 is 1.38 bits per heavy atom. The second-order valence-corrected chi connectivity index (χ2v) is 7.09. The average Bonchev–Trinajstić information content (AvgIpc) is 3.22. The molecule has 0 bridgehead atoms. The number of tetrazole rings is 1. The molecule has 3 N–H and O–H groups in total. The van der Waals surface area contributed by atoms with Gasteiger partial charge in [-0.05, 0) is 40.8 Å². The summed E-state index contributed by atoms with van der Waals surface area (Å²) in [5, 5.41) is 14.8. The van der Waals surface area contributed by atoms with E-state index in [0.29, 0.717) is 11.7 Å². The van der Waals surface area contributed by atoms with Crippen molar-refractivity contribution in [3.05, 3.63) is 24.3 Å². The van der Waals surface area contributed by atoms with Gasteiger partial charge in [0.15, 0.2) is 5.82 Å². The Morgan fingerprint density at radius 2 is 2.08 bits per heavy atom. The van der Waals surface area contributed by atoms with E-state index in [0.717, 1.165) is 24.2 Å². The second-order valence-electron chi connectivity index (χ2n) is 7.09. The van der Waals surface area contributed by atoms with Crippen molar-refractivity contribution < 1.29 is 4.79 Å². The van der Waals surface area contributed by atoms with Crippen LogP contribution < -0.4 is 11.1 Å². The molecular weight excluding hydrogens is 328 g/mol.